The van der Waals surface area contributed by atoms with Gasteiger partial charge < -0.3 is 13.7 Å². The molecule has 13 heteroatoms. The molecule has 0 saturated heterocycles. The summed E-state index contributed by atoms with van der Waals surface area (Å²) in [4.78, 5) is 12.7. The first-order valence-electron chi connectivity index (χ1n) is 10.8. The van der Waals surface area contributed by atoms with Gasteiger partial charge in [0.1, 0.15) is 0 Å². The van der Waals surface area contributed by atoms with Gasteiger partial charge in [0.25, 0.3) is 0 Å². The number of allylic oxidation sites excluding steroid dienone is 2. The van der Waals surface area contributed by atoms with Crippen molar-refractivity contribution in [3.63, 3.8) is 0 Å². The maximum atomic E-state index is 14.2. The van der Waals surface area contributed by atoms with Crippen LogP contribution in [-0.2, 0) is 30.6 Å². The SMILES string of the molecule is COC(=O)C(OC(C)(C)C)c1c(C(F)(F)F)ccc(OS(=O)(=O)C(F)(F)F)c1C1=CCC(C)(C)CC1. The molecule has 36 heavy (non-hydrogen) atoms. The third-order valence-electron chi connectivity index (χ3n) is 5.44. The minimum absolute atomic E-state index is 0.0765. The summed E-state index contributed by atoms with van der Waals surface area (Å²) >= 11 is 0. The van der Waals surface area contributed by atoms with E-state index in [4.69, 9.17) is 4.74 Å². The Bertz CT molecular complexity index is 1130. The second-order valence-electron chi connectivity index (χ2n) is 10.1. The van der Waals surface area contributed by atoms with E-state index in [1.165, 1.54) is 26.8 Å². The highest BCUT2D eigenvalue weighted by atomic mass is 32.2. The molecule has 6 nitrogen and oxygen atoms in total. The van der Waals surface area contributed by atoms with Gasteiger partial charge in [0.05, 0.1) is 18.3 Å². The van der Waals surface area contributed by atoms with Gasteiger partial charge in [-0.1, -0.05) is 19.9 Å². The predicted molar refractivity (Wildman–Crippen MR) is 118 cm³/mol. The highest BCUT2D eigenvalue weighted by Crippen LogP contribution is 2.48. The van der Waals surface area contributed by atoms with E-state index in [0.717, 1.165) is 7.11 Å². The van der Waals surface area contributed by atoms with Crippen LogP contribution in [0.5, 0.6) is 5.75 Å². The number of halogens is 6. The number of alkyl halides is 6. The molecule has 1 aromatic rings. The number of benzene rings is 1. The van der Waals surface area contributed by atoms with Crippen LogP contribution in [0.3, 0.4) is 0 Å². The molecule has 0 aromatic heterocycles. The van der Waals surface area contributed by atoms with Gasteiger partial charge in [-0.05, 0) is 63.2 Å². The lowest BCUT2D eigenvalue weighted by Gasteiger charge is -2.33. The Balaban J connectivity index is 3.01. The Morgan fingerprint density at radius 1 is 1.06 bits per heavy atom. The second-order valence-corrected chi connectivity index (χ2v) is 11.6. The number of carbonyl (C=O) groups excluding carboxylic acids is 1. The number of carbonyl (C=O) groups is 1. The summed E-state index contributed by atoms with van der Waals surface area (Å²) in [6, 6.07) is 0.853. The number of methoxy groups -OCH3 is 1. The van der Waals surface area contributed by atoms with E-state index in [0.29, 0.717) is 25.0 Å². The van der Waals surface area contributed by atoms with Crippen LogP contribution in [-0.4, -0.2) is 32.6 Å². The van der Waals surface area contributed by atoms with Gasteiger partial charge in [-0.25, -0.2) is 4.79 Å². The van der Waals surface area contributed by atoms with Crippen molar-refractivity contribution in [2.75, 3.05) is 7.11 Å². The number of esters is 1. The summed E-state index contributed by atoms with van der Waals surface area (Å²) in [5.41, 5.74) is -10.1. The quantitative estimate of drug-likeness (QED) is 0.174. The summed E-state index contributed by atoms with van der Waals surface area (Å²) < 4.78 is 120. The molecule has 1 atom stereocenters. The minimum Gasteiger partial charge on any atom is -0.467 e. The number of hydrogen-bond acceptors (Lipinski definition) is 6. The molecule has 1 aromatic carbocycles. The van der Waals surface area contributed by atoms with Crippen LogP contribution in [0.25, 0.3) is 5.57 Å². The Labute approximate surface area is 205 Å². The fourth-order valence-corrected chi connectivity index (χ4v) is 4.14. The van der Waals surface area contributed by atoms with Gasteiger partial charge in [0, 0.05) is 11.1 Å². The van der Waals surface area contributed by atoms with Gasteiger partial charge >= 0.3 is 27.8 Å². The van der Waals surface area contributed by atoms with Gasteiger partial charge in [0.15, 0.2) is 11.9 Å². The van der Waals surface area contributed by atoms with Gasteiger partial charge in [-0.3, -0.25) is 0 Å². The Morgan fingerprint density at radius 3 is 2.06 bits per heavy atom. The lowest BCUT2D eigenvalue weighted by atomic mass is 9.75. The van der Waals surface area contributed by atoms with Crippen LogP contribution in [0.15, 0.2) is 18.2 Å². The zero-order valence-corrected chi connectivity index (χ0v) is 21.4. The van der Waals surface area contributed by atoms with Crippen LogP contribution in [0.4, 0.5) is 26.3 Å². The molecule has 0 saturated carbocycles. The highest BCUT2D eigenvalue weighted by molar-refractivity contribution is 7.88. The molecule has 2 rings (SSSR count). The van der Waals surface area contributed by atoms with Crippen molar-refractivity contribution in [2.24, 2.45) is 5.41 Å². The first-order chi connectivity index (χ1) is 16.1. The summed E-state index contributed by atoms with van der Waals surface area (Å²) in [6.07, 6.45) is -4.83. The van der Waals surface area contributed by atoms with E-state index in [1.807, 2.05) is 13.8 Å². The van der Waals surface area contributed by atoms with E-state index in [-0.39, 0.29) is 17.4 Å². The second kappa shape index (κ2) is 9.88. The molecule has 1 aliphatic carbocycles. The van der Waals surface area contributed by atoms with E-state index < -0.39 is 61.9 Å². The number of rotatable bonds is 6. The Morgan fingerprint density at radius 2 is 1.64 bits per heavy atom. The smallest absolute Gasteiger partial charge is 0.467 e. The largest absolute Gasteiger partial charge is 0.534 e. The van der Waals surface area contributed by atoms with Crippen LogP contribution in [0.2, 0.25) is 0 Å². The zero-order valence-electron chi connectivity index (χ0n) is 20.6. The molecule has 0 heterocycles. The van der Waals surface area contributed by atoms with E-state index >= 15 is 0 Å². The van der Waals surface area contributed by atoms with E-state index in [1.54, 1.807) is 0 Å². The zero-order chi connectivity index (χ0) is 27.9. The molecule has 1 unspecified atom stereocenters. The van der Waals surface area contributed by atoms with E-state index in [9.17, 15) is 39.6 Å². The highest BCUT2D eigenvalue weighted by Gasteiger charge is 2.50. The topological polar surface area (TPSA) is 78.9 Å². The molecule has 0 amide bonds. The lowest BCUT2D eigenvalue weighted by molar-refractivity contribution is -0.166. The first-order valence-corrected chi connectivity index (χ1v) is 12.2. The Kier molecular flexibility index (Phi) is 8.22. The molecule has 0 radical (unpaired) electrons. The molecule has 0 fully saturated rings. The molecule has 0 bridgehead atoms. The van der Waals surface area contributed by atoms with Crippen LogP contribution >= 0.6 is 0 Å². The third-order valence-corrected chi connectivity index (χ3v) is 6.40. The van der Waals surface area contributed by atoms with Crippen molar-refractivity contribution < 1.29 is 53.2 Å². The molecule has 0 aliphatic heterocycles. The normalized spacial score (nSPS) is 17.8. The van der Waals surface area contributed by atoms with Crippen molar-refractivity contribution in [3.05, 3.63) is 34.9 Å². The van der Waals surface area contributed by atoms with Gasteiger partial charge in [-0.15, -0.1) is 0 Å². The average Bonchev–Trinajstić information content (AvgIpc) is 2.69. The summed E-state index contributed by atoms with van der Waals surface area (Å²) in [5.74, 6) is -2.27. The predicted octanol–water partition coefficient (Wildman–Crippen LogP) is 6.56. The first kappa shape index (κ1) is 29.9. The van der Waals surface area contributed by atoms with Crippen molar-refractivity contribution in [3.8, 4) is 5.75 Å². The maximum Gasteiger partial charge on any atom is 0.534 e. The summed E-state index contributed by atoms with van der Waals surface area (Å²) in [5, 5.41) is 0. The molecule has 204 valence electrons. The van der Waals surface area contributed by atoms with E-state index in [2.05, 4.69) is 8.92 Å². The van der Waals surface area contributed by atoms with Crippen molar-refractivity contribution in [2.45, 2.75) is 77.3 Å². The average molecular weight is 547 g/mol. The van der Waals surface area contributed by atoms with Crippen LogP contribution < -0.4 is 4.18 Å². The summed E-state index contributed by atoms with van der Waals surface area (Å²) in [7, 11) is -5.34. The molecular weight excluding hydrogens is 518 g/mol. The van der Waals surface area contributed by atoms with Gasteiger partial charge in [-0.2, -0.15) is 34.8 Å². The van der Waals surface area contributed by atoms with Crippen molar-refractivity contribution in [1.82, 2.24) is 0 Å². The minimum atomic E-state index is -6.25. The number of ether oxygens (including phenoxy) is 2. The maximum absolute atomic E-state index is 14.2. The summed E-state index contributed by atoms with van der Waals surface area (Å²) in [6.45, 7) is 8.13. The van der Waals surface area contributed by atoms with Crippen molar-refractivity contribution in [1.29, 1.82) is 0 Å². The van der Waals surface area contributed by atoms with Gasteiger partial charge in [0.2, 0.25) is 0 Å². The monoisotopic (exact) mass is 546 g/mol. The molecule has 1 aliphatic rings. The third kappa shape index (κ3) is 6.93. The Hall–Kier alpha value is -2.28. The fourth-order valence-electron chi connectivity index (χ4n) is 3.67. The fraction of sp³-hybridized carbons (Fsp3) is 0.609. The number of hydrogen-bond donors (Lipinski definition) is 0. The molecule has 0 spiro atoms. The molecular formula is C23H28F6O6S. The standard InChI is InChI=1S/C23H28F6O6S/c1-20(2,3)34-18(19(30)33-6)17-14(22(24,25)26)7-8-15(35-36(31,32)23(27,28)29)16(17)13-9-11-21(4,5)12-10-13/h7-9,18H,10-12H2,1-6H3. The van der Waals surface area contributed by atoms with Crippen LogP contribution in [0, 0.1) is 5.41 Å². The molecule has 0 N–H and O–H groups in total. The van der Waals surface area contributed by atoms with Crippen molar-refractivity contribution >= 4 is 21.7 Å². The lowest BCUT2D eigenvalue weighted by Crippen LogP contribution is -2.32. The van der Waals surface area contributed by atoms with Crippen LogP contribution in [0.1, 0.15) is 76.7 Å².